The number of carbonyl (C=O) groups excluding carboxylic acids is 1. The molecule has 0 radical (unpaired) electrons. The molecule has 26 heavy (non-hydrogen) atoms. The van der Waals surface area contributed by atoms with Crippen LogP contribution >= 0.6 is 11.3 Å². The number of benzene rings is 1. The minimum atomic E-state index is 0.0540. The summed E-state index contributed by atoms with van der Waals surface area (Å²) in [6.45, 7) is 7.54. The van der Waals surface area contributed by atoms with Crippen molar-refractivity contribution in [2.24, 2.45) is 0 Å². The Balaban J connectivity index is 1.70. The van der Waals surface area contributed by atoms with E-state index >= 15 is 0 Å². The second-order valence-electron chi connectivity index (χ2n) is 7.68. The Kier molecular flexibility index (Phi) is 6.12. The first kappa shape index (κ1) is 19.1. The van der Waals surface area contributed by atoms with E-state index in [9.17, 15) is 4.79 Å². The Labute approximate surface area is 160 Å². The summed E-state index contributed by atoms with van der Waals surface area (Å²) in [6.07, 6.45) is 0. The zero-order chi connectivity index (χ0) is 18.7. The monoisotopic (exact) mass is 371 g/mol. The van der Waals surface area contributed by atoms with Gasteiger partial charge < -0.3 is 10.2 Å². The quantitative estimate of drug-likeness (QED) is 0.847. The molecule has 3 rings (SSSR count). The van der Waals surface area contributed by atoms with E-state index in [1.165, 1.54) is 21.6 Å². The fraction of sp³-hybridized carbons (Fsp3) is 0.476. The Morgan fingerprint density at radius 1 is 1.27 bits per heavy atom. The molecule has 5 heteroatoms. The van der Waals surface area contributed by atoms with Gasteiger partial charge in [-0.25, -0.2) is 0 Å². The van der Waals surface area contributed by atoms with Crippen LogP contribution in [0.2, 0.25) is 0 Å². The van der Waals surface area contributed by atoms with Gasteiger partial charge in [0.05, 0.1) is 0 Å². The van der Waals surface area contributed by atoms with Gasteiger partial charge in [-0.15, -0.1) is 11.3 Å². The molecule has 2 aromatic rings. The average molecular weight is 372 g/mol. The number of hydrogen-bond donors (Lipinski definition) is 1. The fourth-order valence-electron chi connectivity index (χ4n) is 3.75. The third kappa shape index (κ3) is 4.93. The summed E-state index contributed by atoms with van der Waals surface area (Å²) in [7, 11) is 4.20. The lowest BCUT2D eigenvalue weighted by molar-refractivity contribution is -0.119. The van der Waals surface area contributed by atoms with Crippen LogP contribution < -0.4 is 5.32 Å². The van der Waals surface area contributed by atoms with E-state index in [2.05, 4.69) is 71.8 Å². The van der Waals surface area contributed by atoms with Gasteiger partial charge in [-0.05, 0) is 43.6 Å². The van der Waals surface area contributed by atoms with Gasteiger partial charge >= 0.3 is 0 Å². The number of thiophene rings is 1. The molecule has 2 heterocycles. The summed E-state index contributed by atoms with van der Waals surface area (Å²) >= 11 is 1.84. The van der Waals surface area contributed by atoms with Gasteiger partial charge in [0.25, 0.3) is 0 Å². The van der Waals surface area contributed by atoms with Crippen molar-refractivity contribution in [3.63, 3.8) is 0 Å². The molecule has 0 bridgehead atoms. The van der Waals surface area contributed by atoms with Gasteiger partial charge in [0.1, 0.15) is 0 Å². The number of aryl methyl sites for hydroxylation is 1. The van der Waals surface area contributed by atoms with Crippen LogP contribution in [-0.4, -0.2) is 48.9 Å². The van der Waals surface area contributed by atoms with Crippen LogP contribution in [-0.2, 0) is 17.9 Å². The van der Waals surface area contributed by atoms with Crippen molar-refractivity contribution in [2.75, 3.05) is 27.2 Å². The third-order valence-electron chi connectivity index (χ3n) is 4.88. The molecule has 0 saturated carbocycles. The second-order valence-corrected chi connectivity index (χ2v) is 8.67. The Bertz CT molecular complexity index is 738. The summed E-state index contributed by atoms with van der Waals surface area (Å²) in [5.41, 5.74) is 3.96. The van der Waals surface area contributed by atoms with Crippen molar-refractivity contribution >= 4 is 17.2 Å². The van der Waals surface area contributed by atoms with Gasteiger partial charge in [0.15, 0.2) is 0 Å². The average Bonchev–Trinajstić information content (AvgIpc) is 3.14. The fourth-order valence-corrected chi connectivity index (χ4v) is 4.67. The summed E-state index contributed by atoms with van der Waals surface area (Å²) in [6, 6.07) is 11.2. The first-order valence-corrected chi connectivity index (χ1v) is 10.1. The third-order valence-corrected chi connectivity index (χ3v) is 5.85. The summed E-state index contributed by atoms with van der Waals surface area (Å²) < 4.78 is 0. The van der Waals surface area contributed by atoms with Crippen LogP contribution in [0, 0.1) is 6.92 Å². The number of likely N-dealkylation sites (tertiary alicyclic amines) is 1. The molecular formula is C21H29N3OS. The zero-order valence-electron chi connectivity index (χ0n) is 16.2. The zero-order valence-corrected chi connectivity index (χ0v) is 17.0. The molecule has 1 amide bonds. The Morgan fingerprint density at radius 3 is 2.65 bits per heavy atom. The molecule has 4 nitrogen and oxygen atoms in total. The minimum Gasteiger partial charge on any atom is -0.352 e. The number of hydrogen-bond acceptors (Lipinski definition) is 4. The van der Waals surface area contributed by atoms with Crippen LogP contribution in [0.1, 0.15) is 34.4 Å². The van der Waals surface area contributed by atoms with Crippen molar-refractivity contribution in [3.8, 4) is 0 Å². The van der Waals surface area contributed by atoms with Gasteiger partial charge in [0, 0.05) is 49.9 Å². The van der Waals surface area contributed by atoms with Gasteiger partial charge in [-0.3, -0.25) is 9.69 Å². The van der Waals surface area contributed by atoms with Crippen molar-refractivity contribution in [3.05, 3.63) is 57.3 Å². The van der Waals surface area contributed by atoms with Crippen molar-refractivity contribution < 1.29 is 4.79 Å². The first-order valence-electron chi connectivity index (χ1n) is 9.17. The molecule has 1 aliphatic heterocycles. The van der Waals surface area contributed by atoms with Crippen LogP contribution in [0.4, 0.5) is 0 Å². The lowest BCUT2D eigenvalue weighted by Gasteiger charge is -2.19. The van der Waals surface area contributed by atoms with Crippen molar-refractivity contribution in [1.29, 1.82) is 0 Å². The molecule has 1 aromatic carbocycles. The summed E-state index contributed by atoms with van der Waals surface area (Å²) in [5, 5.41) is 5.43. The normalized spacial score (nSPS) is 20.7. The topological polar surface area (TPSA) is 35.6 Å². The lowest BCUT2D eigenvalue weighted by Crippen LogP contribution is -2.38. The maximum Gasteiger partial charge on any atom is 0.217 e. The molecule has 1 aliphatic rings. The Hall–Kier alpha value is -1.69. The molecule has 1 N–H and O–H groups in total. The Morgan fingerprint density at radius 2 is 2.00 bits per heavy atom. The largest absolute Gasteiger partial charge is 0.352 e. The lowest BCUT2D eigenvalue weighted by atomic mass is 9.93. The standard InChI is InChI=1S/C21H29N3OS/c1-15-5-7-18(8-6-15)20-12-24(13-21(20)22-16(2)25)11-19-9-17(14-26-19)10-23(3)4/h5-9,14,20-21H,10-13H2,1-4H3,(H,22,25)/t20-,21+/m0/s1. The second kappa shape index (κ2) is 8.33. The number of nitrogens with one attached hydrogen (secondary N) is 1. The van der Waals surface area contributed by atoms with E-state index in [1.807, 2.05) is 11.3 Å². The predicted octanol–water partition coefficient (Wildman–Crippen LogP) is 3.22. The van der Waals surface area contributed by atoms with E-state index in [0.29, 0.717) is 5.92 Å². The minimum absolute atomic E-state index is 0.0540. The van der Waals surface area contributed by atoms with Crippen molar-refractivity contribution in [1.82, 2.24) is 15.1 Å². The van der Waals surface area contributed by atoms with Crippen molar-refractivity contribution in [2.45, 2.75) is 38.9 Å². The number of amides is 1. The highest BCUT2D eigenvalue weighted by Crippen LogP contribution is 2.30. The van der Waals surface area contributed by atoms with Crippen LogP contribution in [0.15, 0.2) is 35.7 Å². The van der Waals surface area contributed by atoms with E-state index in [0.717, 1.165) is 26.2 Å². The highest BCUT2D eigenvalue weighted by Gasteiger charge is 2.34. The molecule has 0 aliphatic carbocycles. The molecule has 1 aromatic heterocycles. The molecule has 140 valence electrons. The van der Waals surface area contributed by atoms with Crippen LogP contribution in [0.25, 0.3) is 0 Å². The summed E-state index contributed by atoms with van der Waals surface area (Å²) in [4.78, 5) is 17.7. The molecular weight excluding hydrogens is 342 g/mol. The SMILES string of the molecule is CC(=O)N[C@@H]1CN(Cc2cc(CN(C)C)cs2)C[C@H]1c1ccc(C)cc1. The highest BCUT2D eigenvalue weighted by molar-refractivity contribution is 7.10. The molecule has 1 saturated heterocycles. The predicted molar refractivity (Wildman–Crippen MR) is 109 cm³/mol. The highest BCUT2D eigenvalue weighted by atomic mass is 32.1. The van der Waals surface area contributed by atoms with E-state index in [-0.39, 0.29) is 11.9 Å². The summed E-state index contributed by atoms with van der Waals surface area (Å²) in [5.74, 6) is 0.402. The van der Waals surface area contributed by atoms with Crippen LogP contribution in [0.3, 0.4) is 0 Å². The molecule has 0 unspecified atom stereocenters. The molecule has 2 atom stereocenters. The maximum atomic E-state index is 11.7. The molecule has 1 fully saturated rings. The first-order chi connectivity index (χ1) is 12.4. The van der Waals surface area contributed by atoms with Gasteiger partial charge in [-0.1, -0.05) is 29.8 Å². The molecule has 0 spiro atoms. The number of nitrogens with zero attached hydrogens (tertiary/aromatic N) is 2. The van der Waals surface area contributed by atoms with Gasteiger partial charge in [-0.2, -0.15) is 0 Å². The van der Waals surface area contributed by atoms with Gasteiger partial charge in [0.2, 0.25) is 5.91 Å². The van der Waals surface area contributed by atoms with E-state index in [4.69, 9.17) is 0 Å². The van der Waals surface area contributed by atoms with E-state index < -0.39 is 0 Å². The smallest absolute Gasteiger partial charge is 0.217 e. The number of carbonyl (C=O) groups is 1. The van der Waals surface area contributed by atoms with E-state index in [1.54, 1.807) is 6.92 Å². The maximum absolute atomic E-state index is 11.7. The van der Waals surface area contributed by atoms with Crippen LogP contribution in [0.5, 0.6) is 0 Å². The number of rotatable bonds is 6.